The van der Waals surface area contributed by atoms with Crippen LogP contribution < -0.4 is 0 Å². The largest absolute Gasteiger partial charge is 0.453 e. The first-order valence-corrected chi connectivity index (χ1v) is 8.57. The van der Waals surface area contributed by atoms with Crippen LogP contribution in [-0.2, 0) is 0 Å². The number of nitrogens with zero attached hydrogens (tertiary/aromatic N) is 1. The van der Waals surface area contributed by atoms with Crippen LogP contribution in [0.1, 0.15) is 22.3 Å². The first-order chi connectivity index (χ1) is 12.0. The zero-order valence-corrected chi connectivity index (χ0v) is 15.1. The van der Waals surface area contributed by atoms with E-state index in [0.29, 0.717) is 0 Å². The highest BCUT2D eigenvalue weighted by Crippen LogP contribution is 2.38. The fraction of sp³-hybridized carbons (Fsp3) is 0.174. The number of fused-ring (bicyclic) bond motifs is 1. The van der Waals surface area contributed by atoms with Gasteiger partial charge in [0.15, 0.2) is 5.58 Å². The zero-order chi connectivity index (χ0) is 17.6. The van der Waals surface area contributed by atoms with Crippen LogP contribution >= 0.6 is 0 Å². The molecule has 0 unspecified atom stereocenters. The van der Waals surface area contributed by atoms with E-state index in [0.717, 1.165) is 39.1 Å². The molecule has 0 saturated heterocycles. The summed E-state index contributed by atoms with van der Waals surface area (Å²) in [5.74, 6) is 0.937. The summed E-state index contributed by atoms with van der Waals surface area (Å²) in [6, 6.07) is 16.9. The molecule has 2 aromatic heterocycles. The monoisotopic (exact) mass is 327 g/mol. The molecule has 0 fully saturated rings. The molecule has 0 aliphatic rings. The molecule has 2 heterocycles. The SMILES string of the molecule is Cc1cc(C)cc(-c2nccc3c(C)c(-c4ccccc4C)oc23)c1. The van der Waals surface area contributed by atoms with E-state index in [2.05, 4.69) is 75.1 Å². The molecule has 0 atom stereocenters. The molecule has 0 N–H and O–H groups in total. The number of rotatable bonds is 2. The van der Waals surface area contributed by atoms with Crippen LogP contribution in [0.3, 0.4) is 0 Å². The van der Waals surface area contributed by atoms with Gasteiger partial charge < -0.3 is 4.42 Å². The Morgan fingerprint density at radius 3 is 2.28 bits per heavy atom. The minimum absolute atomic E-state index is 0.864. The van der Waals surface area contributed by atoms with Gasteiger partial charge in [-0.25, -0.2) is 0 Å². The lowest BCUT2D eigenvalue weighted by atomic mass is 10.0. The summed E-state index contributed by atoms with van der Waals surface area (Å²) in [5, 5.41) is 1.13. The Hall–Kier alpha value is -2.87. The first-order valence-electron chi connectivity index (χ1n) is 8.57. The number of hydrogen-bond donors (Lipinski definition) is 0. The lowest BCUT2D eigenvalue weighted by Crippen LogP contribution is -1.87. The van der Waals surface area contributed by atoms with E-state index < -0.39 is 0 Å². The highest BCUT2D eigenvalue weighted by atomic mass is 16.3. The van der Waals surface area contributed by atoms with Gasteiger partial charge in [-0.1, -0.05) is 41.5 Å². The zero-order valence-electron chi connectivity index (χ0n) is 15.1. The average Bonchev–Trinajstić information content (AvgIpc) is 2.91. The summed E-state index contributed by atoms with van der Waals surface area (Å²) in [5.41, 5.74) is 8.86. The maximum Gasteiger partial charge on any atom is 0.161 e. The number of aromatic nitrogens is 1. The predicted molar refractivity (Wildman–Crippen MR) is 104 cm³/mol. The van der Waals surface area contributed by atoms with Crippen LogP contribution in [-0.4, -0.2) is 4.98 Å². The van der Waals surface area contributed by atoms with Gasteiger partial charge >= 0.3 is 0 Å². The van der Waals surface area contributed by atoms with Crippen LogP contribution in [0.5, 0.6) is 0 Å². The van der Waals surface area contributed by atoms with E-state index in [-0.39, 0.29) is 0 Å². The van der Waals surface area contributed by atoms with Crippen molar-refractivity contribution in [1.82, 2.24) is 4.98 Å². The standard InChI is InChI=1S/C23H21NO/c1-14-11-15(2)13-18(12-14)21-23-20(9-10-24-21)17(4)22(25-23)19-8-6-5-7-16(19)3/h5-13H,1-4H3. The van der Waals surface area contributed by atoms with Gasteiger partial charge in [0, 0.05) is 28.3 Å². The number of aryl methyl sites for hydroxylation is 4. The van der Waals surface area contributed by atoms with Gasteiger partial charge in [0.25, 0.3) is 0 Å². The summed E-state index contributed by atoms with van der Waals surface area (Å²) in [6.07, 6.45) is 1.87. The fourth-order valence-corrected chi connectivity index (χ4v) is 3.55. The lowest BCUT2D eigenvalue weighted by Gasteiger charge is -2.05. The minimum Gasteiger partial charge on any atom is -0.453 e. The summed E-state index contributed by atoms with van der Waals surface area (Å²) in [4.78, 5) is 4.64. The molecule has 0 spiro atoms. The molecule has 0 amide bonds. The molecular formula is C23H21NO. The van der Waals surface area contributed by atoms with E-state index in [1.54, 1.807) is 0 Å². The topological polar surface area (TPSA) is 26.0 Å². The molecule has 124 valence electrons. The smallest absolute Gasteiger partial charge is 0.161 e. The minimum atomic E-state index is 0.864. The van der Waals surface area contributed by atoms with Crippen molar-refractivity contribution >= 4 is 11.0 Å². The van der Waals surface area contributed by atoms with E-state index in [1.165, 1.54) is 16.7 Å². The molecular weight excluding hydrogens is 306 g/mol. The van der Waals surface area contributed by atoms with Crippen molar-refractivity contribution in [3.05, 3.63) is 77.0 Å². The number of hydrogen-bond acceptors (Lipinski definition) is 2. The summed E-state index contributed by atoms with van der Waals surface area (Å²) < 4.78 is 6.37. The van der Waals surface area contributed by atoms with Crippen molar-refractivity contribution in [2.75, 3.05) is 0 Å². The van der Waals surface area contributed by atoms with Gasteiger partial charge in [-0.15, -0.1) is 0 Å². The summed E-state index contributed by atoms with van der Waals surface area (Å²) >= 11 is 0. The number of pyridine rings is 1. The van der Waals surface area contributed by atoms with Crippen molar-refractivity contribution in [2.24, 2.45) is 0 Å². The van der Waals surface area contributed by atoms with Gasteiger partial charge in [0.05, 0.1) is 0 Å². The van der Waals surface area contributed by atoms with E-state index in [1.807, 2.05) is 12.3 Å². The van der Waals surface area contributed by atoms with E-state index >= 15 is 0 Å². The Labute approximate surface area is 148 Å². The van der Waals surface area contributed by atoms with Gasteiger partial charge in [-0.2, -0.15) is 0 Å². The third-order valence-corrected chi connectivity index (χ3v) is 4.74. The highest BCUT2D eigenvalue weighted by Gasteiger charge is 2.18. The maximum atomic E-state index is 6.37. The van der Waals surface area contributed by atoms with Crippen LogP contribution in [0.15, 0.2) is 59.1 Å². The molecule has 25 heavy (non-hydrogen) atoms. The third kappa shape index (κ3) is 2.64. The number of furan rings is 1. The predicted octanol–water partition coefficient (Wildman–Crippen LogP) is 6.40. The van der Waals surface area contributed by atoms with Crippen molar-refractivity contribution < 1.29 is 4.42 Å². The van der Waals surface area contributed by atoms with Crippen LogP contribution in [0, 0.1) is 27.7 Å². The van der Waals surface area contributed by atoms with Crippen molar-refractivity contribution in [2.45, 2.75) is 27.7 Å². The van der Waals surface area contributed by atoms with Crippen LogP contribution in [0.4, 0.5) is 0 Å². The summed E-state index contributed by atoms with van der Waals surface area (Å²) in [6.45, 7) is 8.47. The number of benzene rings is 2. The molecule has 2 nitrogen and oxygen atoms in total. The first kappa shape index (κ1) is 15.6. The summed E-state index contributed by atoms with van der Waals surface area (Å²) in [7, 11) is 0. The van der Waals surface area contributed by atoms with Gasteiger partial charge in [0.2, 0.25) is 0 Å². The van der Waals surface area contributed by atoms with Crippen molar-refractivity contribution in [1.29, 1.82) is 0 Å². The molecule has 0 aliphatic heterocycles. The maximum absolute atomic E-state index is 6.37. The second-order valence-electron chi connectivity index (χ2n) is 6.78. The molecule has 0 radical (unpaired) electrons. The third-order valence-electron chi connectivity index (χ3n) is 4.74. The fourth-order valence-electron chi connectivity index (χ4n) is 3.55. The van der Waals surface area contributed by atoms with E-state index in [4.69, 9.17) is 4.42 Å². The second kappa shape index (κ2) is 5.89. The molecule has 2 heteroatoms. The van der Waals surface area contributed by atoms with Gasteiger partial charge in [-0.3, -0.25) is 4.98 Å². The lowest BCUT2D eigenvalue weighted by molar-refractivity contribution is 0.628. The Kier molecular flexibility index (Phi) is 3.69. The molecule has 0 bridgehead atoms. The van der Waals surface area contributed by atoms with Crippen molar-refractivity contribution in [3.63, 3.8) is 0 Å². The highest BCUT2D eigenvalue weighted by molar-refractivity contribution is 5.96. The van der Waals surface area contributed by atoms with Crippen molar-refractivity contribution in [3.8, 4) is 22.6 Å². The Bertz CT molecular complexity index is 1070. The van der Waals surface area contributed by atoms with Crippen LogP contribution in [0.2, 0.25) is 0 Å². The van der Waals surface area contributed by atoms with Gasteiger partial charge in [-0.05, 0) is 51.5 Å². The quantitative estimate of drug-likeness (QED) is 0.426. The molecule has 0 saturated carbocycles. The second-order valence-corrected chi connectivity index (χ2v) is 6.78. The Balaban J connectivity index is 2.00. The normalized spacial score (nSPS) is 11.2. The Morgan fingerprint density at radius 2 is 1.56 bits per heavy atom. The molecule has 4 rings (SSSR count). The average molecular weight is 327 g/mol. The molecule has 2 aromatic carbocycles. The molecule has 0 aliphatic carbocycles. The van der Waals surface area contributed by atoms with Crippen LogP contribution in [0.25, 0.3) is 33.6 Å². The van der Waals surface area contributed by atoms with E-state index in [9.17, 15) is 0 Å². The molecule has 4 aromatic rings. The Morgan fingerprint density at radius 1 is 0.840 bits per heavy atom. The van der Waals surface area contributed by atoms with Gasteiger partial charge in [0.1, 0.15) is 11.5 Å².